The summed E-state index contributed by atoms with van der Waals surface area (Å²) in [6, 6.07) is 6.74. The van der Waals surface area contributed by atoms with Crippen LogP contribution < -0.4 is 5.32 Å². The van der Waals surface area contributed by atoms with Crippen molar-refractivity contribution in [3.63, 3.8) is 0 Å². The van der Waals surface area contributed by atoms with Gasteiger partial charge in [-0.2, -0.15) is 0 Å². The van der Waals surface area contributed by atoms with Crippen LogP contribution in [-0.4, -0.2) is 6.04 Å². The van der Waals surface area contributed by atoms with Gasteiger partial charge in [-0.1, -0.05) is 29.8 Å². The number of aryl methyl sites for hydroxylation is 1. The summed E-state index contributed by atoms with van der Waals surface area (Å²) in [6.45, 7) is 2.10. The molecule has 3 rings (SSSR count). The molecule has 0 spiro atoms. The lowest BCUT2D eigenvalue weighted by Gasteiger charge is -2.41. The van der Waals surface area contributed by atoms with E-state index in [4.69, 9.17) is 11.6 Å². The lowest BCUT2D eigenvalue weighted by molar-refractivity contribution is 0.218. The Bertz CT molecular complexity index is 438. The Morgan fingerprint density at radius 3 is 3.06 bits per heavy atom. The second-order valence-electron chi connectivity index (χ2n) is 4.97. The standard InChI is InChI=1S/C14H16ClN/c1-9-5-6-12(15)14(7-9)16-13-8-10-3-2-4-11(10)13/h2,4-7,10-11,13,16H,3,8H2,1H3. The van der Waals surface area contributed by atoms with E-state index < -0.39 is 0 Å². The topological polar surface area (TPSA) is 12.0 Å². The Labute approximate surface area is 102 Å². The molecular weight excluding hydrogens is 218 g/mol. The van der Waals surface area contributed by atoms with Crippen LogP contribution in [0, 0.1) is 18.8 Å². The van der Waals surface area contributed by atoms with Crippen molar-refractivity contribution in [3.8, 4) is 0 Å². The van der Waals surface area contributed by atoms with Gasteiger partial charge < -0.3 is 5.32 Å². The number of halogens is 1. The summed E-state index contributed by atoms with van der Waals surface area (Å²) in [6.07, 6.45) is 7.22. The van der Waals surface area contributed by atoms with Crippen LogP contribution in [0.3, 0.4) is 0 Å². The summed E-state index contributed by atoms with van der Waals surface area (Å²) in [5.41, 5.74) is 2.34. The average Bonchev–Trinajstić information content (AvgIpc) is 2.61. The third kappa shape index (κ3) is 1.63. The van der Waals surface area contributed by atoms with Gasteiger partial charge in [0.25, 0.3) is 0 Å². The molecule has 2 aliphatic rings. The van der Waals surface area contributed by atoms with E-state index >= 15 is 0 Å². The fourth-order valence-corrected chi connectivity index (χ4v) is 3.00. The molecule has 0 saturated heterocycles. The molecule has 1 saturated carbocycles. The number of allylic oxidation sites excluding steroid dienone is 1. The summed E-state index contributed by atoms with van der Waals surface area (Å²) in [4.78, 5) is 0. The zero-order chi connectivity index (χ0) is 11.1. The van der Waals surface area contributed by atoms with Crippen molar-refractivity contribution in [2.45, 2.75) is 25.8 Å². The van der Waals surface area contributed by atoms with E-state index in [1.54, 1.807) is 0 Å². The second kappa shape index (κ2) is 3.81. The Morgan fingerprint density at radius 2 is 2.25 bits per heavy atom. The summed E-state index contributed by atoms with van der Waals surface area (Å²) in [7, 11) is 0. The van der Waals surface area contributed by atoms with E-state index in [9.17, 15) is 0 Å². The lowest BCUT2D eigenvalue weighted by atomic mass is 9.71. The van der Waals surface area contributed by atoms with Crippen LogP contribution in [0.2, 0.25) is 5.02 Å². The summed E-state index contributed by atoms with van der Waals surface area (Å²) < 4.78 is 0. The molecule has 2 aliphatic carbocycles. The quantitative estimate of drug-likeness (QED) is 0.761. The van der Waals surface area contributed by atoms with Crippen LogP contribution in [0.1, 0.15) is 18.4 Å². The van der Waals surface area contributed by atoms with E-state index in [1.165, 1.54) is 18.4 Å². The minimum atomic E-state index is 0.586. The number of hydrogen-bond acceptors (Lipinski definition) is 1. The van der Waals surface area contributed by atoms with Crippen molar-refractivity contribution in [1.82, 2.24) is 0 Å². The molecule has 1 aromatic carbocycles. The summed E-state index contributed by atoms with van der Waals surface area (Å²) in [5.74, 6) is 1.62. The molecule has 1 aromatic rings. The van der Waals surface area contributed by atoms with Crippen molar-refractivity contribution in [1.29, 1.82) is 0 Å². The monoisotopic (exact) mass is 233 g/mol. The highest BCUT2D eigenvalue weighted by Gasteiger charge is 2.40. The molecule has 0 amide bonds. The third-order valence-electron chi connectivity index (χ3n) is 3.83. The predicted octanol–water partition coefficient (Wildman–Crippen LogP) is 4.02. The van der Waals surface area contributed by atoms with Crippen molar-refractivity contribution in [2.24, 2.45) is 11.8 Å². The normalized spacial score (nSPS) is 31.0. The highest BCUT2D eigenvalue weighted by molar-refractivity contribution is 6.33. The SMILES string of the molecule is Cc1ccc(Cl)c(NC2CC3CC=CC32)c1. The molecule has 1 nitrogen and oxygen atoms in total. The first-order valence-corrected chi connectivity index (χ1v) is 6.31. The van der Waals surface area contributed by atoms with Gasteiger partial charge in [-0.25, -0.2) is 0 Å². The van der Waals surface area contributed by atoms with Gasteiger partial charge in [0, 0.05) is 12.0 Å². The first-order valence-electron chi connectivity index (χ1n) is 5.93. The number of anilines is 1. The van der Waals surface area contributed by atoms with Crippen LogP contribution in [0.4, 0.5) is 5.69 Å². The van der Waals surface area contributed by atoms with Crippen LogP contribution >= 0.6 is 11.6 Å². The van der Waals surface area contributed by atoms with Crippen molar-refractivity contribution < 1.29 is 0 Å². The van der Waals surface area contributed by atoms with E-state index in [2.05, 4.69) is 30.5 Å². The van der Waals surface area contributed by atoms with Crippen LogP contribution in [0.25, 0.3) is 0 Å². The number of benzene rings is 1. The maximum atomic E-state index is 6.18. The maximum absolute atomic E-state index is 6.18. The lowest BCUT2D eigenvalue weighted by Crippen LogP contribution is -2.43. The minimum Gasteiger partial charge on any atom is -0.380 e. The van der Waals surface area contributed by atoms with Crippen LogP contribution in [0.5, 0.6) is 0 Å². The van der Waals surface area contributed by atoms with Crippen LogP contribution in [0.15, 0.2) is 30.4 Å². The number of rotatable bonds is 2. The second-order valence-corrected chi connectivity index (χ2v) is 5.38. The molecule has 0 aliphatic heterocycles. The first-order chi connectivity index (χ1) is 7.74. The molecule has 0 bridgehead atoms. The van der Waals surface area contributed by atoms with Gasteiger partial charge in [-0.05, 0) is 43.4 Å². The molecule has 84 valence electrons. The van der Waals surface area contributed by atoms with Gasteiger partial charge in [0.2, 0.25) is 0 Å². The largest absolute Gasteiger partial charge is 0.380 e. The van der Waals surface area contributed by atoms with E-state index in [0.717, 1.165) is 22.5 Å². The predicted molar refractivity (Wildman–Crippen MR) is 69.0 cm³/mol. The summed E-state index contributed by atoms with van der Waals surface area (Å²) in [5, 5.41) is 4.41. The summed E-state index contributed by atoms with van der Waals surface area (Å²) >= 11 is 6.18. The zero-order valence-corrected chi connectivity index (χ0v) is 10.2. The maximum Gasteiger partial charge on any atom is 0.0637 e. The highest BCUT2D eigenvalue weighted by atomic mass is 35.5. The van der Waals surface area contributed by atoms with E-state index in [-0.39, 0.29) is 0 Å². The average molecular weight is 234 g/mol. The highest BCUT2D eigenvalue weighted by Crippen LogP contribution is 2.44. The molecule has 1 fully saturated rings. The number of nitrogens with one attached hydrogen (secondary N) is 1. The molecule has 1 N–H and O–H groups in total. The molecule has 3 unspecified atom stereocenters. The zero-order valence-electron chi connectivity index (χ0n) is 9.41. The molecule has 0 heterocycles. The Balaban J connectivity index is 1.75. The first kappa shape index (κ1) is 10.2. The Hall–Kier alpha value is -0.950. The molecule has 2 heteroatoms. The van der Waals surface area contributed by atoms with Gasteiger partial charge in [0.15, 0.2) is 0 Å². The molecule has 3 atom stereocenters. The molecular formula is C14H16ClN. The molecule has 0 aromatic heterocycles. The third-order valence-corrected chi connectivity index (χ3v) is 4.16. The number of hydrogen-bond donors (Lipinski definition) is 1. The van der Waals surface area contributed by atoms with Gasteiger partial charge in [0.1, 0.15) is 0 Å². The minimum absolute atomic E-state index is 0.586. The smallest absolute Gasteiger partial charge is 0.0637 e. The fraction of sp³-hybridized carbons (Fsp3) is 0.429. The van der Waals surface area contributed by atoms with Gasteiger partial charge >= 0.3 is 0 Å². The van der Waals surface area contributed by atoms with Gasteiger partial charge in [-0.15, -0.1) is 0 Å². The van der Waals surface area contributed by atoms with Gasteiger partial charge in [0.05, 0.1) is 10.7 Å². The van der Waals surface area contributed by atoms with Crippen molar-refractivity contribution in [2.75, 3.05) is 5.32 Å². The van der Waals surface area contributed by atoms with E-state index in [0.29, 0.717) is 6.04 Å². The fourth-order valence-electron chi connectivity index (χ4n) is 2.83. The molecule has 16 heavy (non-hydrogen) atoms. The van der Waals surface area contributed by atoms with Crippen LogP contribution in [-0.2, 0) is 0 Å². The van der Waals surface area contributed by atoms with E-state index in [1.807, 2.05) is 12.1 Å². The number of fused-ring (bicyclic) bond motifs is 1. The van der Waals surface area contributed by atoms with Gasteiger partial charge in [-0.3, -0.25) is 0 Å². The molecule has 0 radical (unpaired) electrons. The Kier molecular flexibility index (Phi) is 2.44. The van der Waals surface area contributed by atoms with Crippen molar-refractivity contribution in [3.05, 3.63) is 40.9 Å². The van der Waals surface area contributed by atoms with Crippen molar-refractivity contribution >= 4 is 17.3 Å². The Morgan fingerprint density at radius 1 is 1.38 bits per heavy atom.